The Bertz CT molecular complexity index is 360. The van der Waals surface area contributed by atoms with E-state index in [1.165, 1.54) is 7.11 Å². The molecule has 0 fully saturated rings. The van der Waals surface area contributed by atoms with Crippen molar-refractivity contribution in [3.8, 4) is 5.75 Å². The van der Waals surface area contributed by atoms with Gasteiger partial charge in [0.05, 0.1) is 7.11 Å². The molecule has 0 atom stereocenters. The Hall–Kier alpha value is -1.51. The monoisotopic (exact) mass is 222 g/mol. The van der Waals surface area contributed by atoms with E-state index in [1.54, 1.807) is 0 Å². The van der Waals surface area contributed by atoms with Crippen molar-refractivity contribution in [1.29, 1.82) is 0 Å². The van der Waals surface area contributed by atoms with Crippen molar-refractivity contribution >= 4 is 5.97 Å². The predicted octanol–water partition coefficient (Wildman–Crippen LogP) is 2.50. The number of hydrogen-bond donors (Lipinski definition) is 1. The zero-order chi connectivity index (χ0) is 12.1. The highest BCUT2D eigenvalue weighted by Gasteiger charge is 2.05. The summed E-state index contributed by atoms with van der Waals surface area (Å²) in [6.07, 6.45) is 2.04. The zero-order valence-corrected chi connectivity index (χ0v) is 10.0. The minimum Gasteiger partial charge on any atom is -0.507 e. The summed E-state index contributed by atoms with van der Waals surface area (Å²) in [6.45, 7) is 3.76. The highest BCUT2D eigenvalue weighted by Crippen LogP contribution is 2.23. The fraction of sp³-hybridized carbons (Fsp3) is 0.462. The van der Waals surface area contributed by atoms with Crippen LogP contribution in [0.5, 0.6) is 5.75 Å². The van der Waals surface area contributed by atoms with E-state index in [0.29, 0.717) is 12.2 Å². The van der Waals surface area contributed by atoms with E-state index in [0.717, 1.165) is 29.5 Å². The highest BCUT2D eigenvalue weighted by atomic mass is 16.5. The Labute approximate surface area is 96.1 Å². The Morgan fingerprint density at radius 1 is 1.31 bits per heavy atom. The molecule has 0 aliphatic heterocycles. The Morgan fingerprint density at radius 2 is 1.88 bits per heavy atom. The van der Waals surface area contributed by atoms with E-state index < -0.39 is 0 Å². The smallest absolute Gasteiger partial charge is 0.305 e. The van der Waals surface area contributed by atoms with Gasteiger partial charge >= 0.3 is 5.97 Å². The molecule has 0 saturated carbocycles. The average Bonchev–Trinajstić information content (AvgIpc) is 2.25. The number of benzene rings is 1. The molecule has 1 aromatic carbocycles. The third kappa shape index (κ3) is 3.26. The SMILES string of the molecule is COC(=O)CCCc1cc(C)c(O)c(C)c1. The van der Waals surface area contributed by atoms with Gasteiger partial charge in [0.2, 0.25) is 0 Å². The second-order valence-electron chi connectivity index (χ2n) is 4.01. The highest BCUT2D eigenvalue weighted by molar-refractivity contribution is 5.69. The Kier molecular flexibility index (Phi) is 4.35. The number of aryl methyl sites for hydroxylation is 3. The minimum absolute atomic E-state index is 0.174. The first-order valence-electron chi connectivity index (χ1n) is 5.40. The van der Waals surface area contributed by atoms with Crippen LogP contribution in [0.25, 0.3) is 0 Å². The number of phenols is 1. The molecule has 0 aromatic heterocycles. The van der Waals surface area contributed by atoms with E-state index in [9.17, 15) is 9.90 Å². The van der Waals surface area contributed by atoms with Gasteiger partial charge in [-0.3, -0.25) is 4.79 Å². The molecule has 0 unspecified atom stereocenters. The fourth-order valence-electron chi connectivity index (χ4n) is 1.73. The molecule has 0 radical (unpaired) electrons. The van der Waals surface area contributed by atoms with Crippen LogP contribution in [0, 0.1) is 13.8 Å². The average molecular weight is 222 g/mol. The number of rotatable bonds is 4. The first kappa shape index (κ1) is 12.6. The largest absolute Gasteiger partial charge is 0.507 e. The van der Waals surface area contributed by atoms with E-state index in [1.807, 2.05) is 26.0 Å². The predicted molar refractivity (Wildman–Crippen MR) is 62.5 cm³/mol. The van der Waals surface area contributed by atoms with Crippen LogP contribution in [-0.4, -0.2) is 18.2 Å². The lowest BCUT2D eigenvalue weighted by Gasteiger charge is -2.07. The Balaban J connectivity index is 2.58. The van der Waals surface area contributed by atoms with Gasteiger partial charge in [-0.05, 0) is 43.4 Å². The molecular formula is C13H18O3. The second-order valence-corrected chi connectivity index (χ2v) is 4.01. The third-order valence-electron chi connectivity index (χ3n) is 2.62. The van der Waals surface area contributed by atoms with Gasteiger partial charge in [-0.1, -0.05) is 12.1 Å². The summed E-state index contributed by atoms with van der Waals surface area (Å²) in [6, 6.07) is 3.92. The minimum atomic E-state index is -0.174. The van der Waals surface area contributed by atoms with Gasteiger partial charge in [-0.2, -0.15) is 0 Å². The summed E-state index contributed by atoms with van der Waals surface area (Å²) in [5.74, 6) is 0.184. The molecule has 0 bridgehead atoms. The number of carbonyl (C=O) groups is 1. The molecule has 0 aliphatic carbocycles. The number of methoxy groups -OCH3 is 1. The first-order valence-corrected chi connectivity index (χ1v) is 5.40. The summed E-state index contributed by atoms with van der Waals surface area (Å²) < 4.78 is 4.58. The van der Waals surface area contributed by atoms with Crippen molar-refractivity contribution in [2.24, 2.45) is 0 Å². The number of esters is 1. The van der Waals surface area contributed by atoms with Crippen LogP contribution in [0.4, 0.5) is 0 Å². The van der Waals surface area contributed by atoms with Crippen LogP contribution in [0.1, 0.15) is 29.5 Å². The summed E-state index contributed by atoms with van der Waals surface area (Å²) in [5, 5.41) is 9.61. The molecule has 1 N–H and O–H groups in total. The van der Waals surface area contributed by atoms with Crippen molar-refractivity contribution in [2.45, 2.75) is 33.1 Å². The number of aromatic hydroxyl groups is 1. The number of hydrogen-bond acceptors (Lipinski definition) is 3. The molecule has 16 heavy (non-hydrogen) atoms. The molecule has 0 aliphatic rings. The fourth-order valence-corrected chi connectivity index (χ4v) is 1.73. The molecular weight excluding hydrogens is 204 g/mol. The second kappa shape index (κ2) is 5.54. The molecule has 88 valence electrons. The van der Waals surface area contributed by atoms with Gasteiger partial charge in [-0.15, -0.1) is 0 Å². The third-order valence-corrected chi connectivity index (χ3v) is 2.62. The first-order chi connectivity index (χ1) is 7.54. The van der Waals surface area contributed by atoms with Gasteiger partial charge in [-0.25, -0.2) is 0 Å². The van der Waals surface area contributed by atoms with E-state index in [4.69, 9.17) is 0 Å². The van der Waals surface area contributed by atoms with Crippen molar-refractivity contribution < 1.29 is 14.6 Å². The van der Waals surface area contributed by atoms with Crippen LogP contribution >= 0.6 is 0 Å². The summed E-state index contributed by atoms with van der Waals surface area (Å²) in [7, 11) is 1.40. The maximum atomic E-state index is 10.9. The van der Waals surface area contributed by atoms with Crippen molar-refractivity contribution in [3.63, 3.8) is 0 Å². The molecule has 0 heterocycles. The maximum Gasteiger partial charge on any atom is 0.305 e. The standard InChI is InChI=1S/C13H18O3/c1-9-7-11(8-10(2)13(9)15)5-4-6-12(14)16-3/h7-8,15H,4-6H2,1-3H3. The van der Waals surface area contributed by atoms with Gasteiger partial charge < -0.3 is 9.84 Å². The number of carbonyl (C=O) groups excluding carboxylic acids is 1. The summed E-state index contributed by atoms with van der Waals surface area (Å²) >= 11 is 0. The topological polar surface area (TPSA) is 46.5 Å². The number of ether oxygens (including phenoxy) is 1. The van der Waals surface area contributed by atoms with Crippen LogP contribution in [0.15, 0.2) is 12.1 Å². The molecule has 0 saturated heterocycles. The van der Waals surface area contributed by atoms with E-state index in [-0.39, 0.29) is 5.97 Å². The van der Waals surface area contributed by atoms with Crippen molar-refractivity contribution in [2.75, 3.05) is 7.11 Å². The van der Waals surface area contributed by atoms with Crippen molar-refractivity contribution in [1.82, 2.24) is 0 Å². The van der Waals surface area contributed by atoms with Gasteiger partial charge in [0.1, 0.15) is 5.75 Å². The van der Waals surface area contributed by atoms with Crippen molar-refractivity contribution in [3.05, 3.63) is 28.8 Å². The van der Waals surface area contributed by atoms with Crippen LogP contribution in [0.3, 0.4) is 0 Å². The van der Waals surface area contributed by atoms with Gasteiger partial charge in [0.15, 0.2) is 0 Å². The molecule has 0 amide bonds. The quantitative estimate of drug-likeness (QED) is 0.796. The lowest BCUT2D eigenvalue weighted by Crippen LogP contribution is -2.00. The van der Waals surface area contributed by atoms with Gasteiger partial charge in [0.25, 0.3) is 0 Å². The van der Waals surface area contributed by atoms with Gasteiger partial charge in [0, 0.05) is 6.42 Å². The van der Waals surface area contributed by atoms with Crippen LogP contribution in [0.2, 0.25) is 0 Å². The summed E-state index contributed by atoms with van der Waals surface area (Å²) in [5.41, 5.74) is 2.91. The molecule has 1 rings (SSSR count). The van der Waals surface area contributed by atoms with E-state index >= 15 is 0 Å². The van der Waals surface area contributed by atoms with Crippen LogP contribution < -0.4 is 0 Å². The zero-order valence-electron chi connectivity index (χ0n) is 10.0. The normalized spacial score (nSPS) is 10.2. The number of phenolic OH excluding ortho intramolecular Hbond substituents is 1. The molecule has 3 nitrogen and oxygen atoms in total. The summed E-state index contributed by atoms with van der Waals surface area (Å²) in [4.78, 5) is 10.9. The molecule has 3 heteroatoms. The lowest BCUT2D eigenvalue weighted by atomic mass is 10.0. The molecule has 0 spiro atoms. The lowest BCUT2D eigenvalue weighted by molar-refractivity contribution is -0.140. The van der Waals surface area contributed by atoms with Crippen LogP contribution in [-0.2, 0) is 16.0 Å². The maximum absolute atomic E-state index is 10.9. The molecule has 1 aromatic rings. The van der Waals surface area contributed by atoms with E-state index in [2.05, 4.69) is 4.74 Å². The Morgan fingerprint density at radius 3 is 2.38 bits per heavy atom.